The molecule has 0 spiro atoms. The molecule has 2 nitrogen and oxygen atoms in total. The van der Waals surface area contributed by atoms with Crippen molar-refractivity contribution in [3.63, 3.8) is 0 Å². The first-order chi connectivity index (χ1) is 2.73. The predicted molar refractivity (Wildman–Crippen MR) is 26.2 cm³/mol. The SMILES string of the molecule is [CH2-]C.[CH2-][P+](=O)O.[Zn+2]. The van der Waals surface area contributed by atoms with Crippen LogP contribution >= 0.6 is 8.03 Å². The van der Waals surface area contributed by atoms with E-state index in [0.29, 0.717) is 0 Å². The molecule has 0 aromatic rings. The molecular weight excluding hydrogens is 164 g/mol. The molecule has 0 aromatic carbocycles. The standard InChI is InChI=1S/C2H5.CH3O2P.Zn/c1-2;1-4(2)3;/h1H2,2H3;1H2,(H,2,3);/q-1;;+2. The Labute approximate surface area is 57.9 Å². The summed E-state index contributed by atoms with van der Waals surface area (Å²) in [5.41, 5.74) is 0. The van der Waals surface area contributed by atoms with Crippen LogP contribution in [0.3, 0.4) is 0 Å². The van der Waals surface area contributed by atoms with E-state index in [9.17, 15) is 0 Å². The molecule has 0 amide bonds. The van der Waals surface area contributed by atoms with Crippen LogP contribution in [0.4, 0.5) is 0 Å². The maximum atomic E-state index is 9.04. The normalized spacial score (nSPS) is 7.14. The van der Waals surface area contributed by atoms with Crippen molar-refractivity contribution in [1.82, 2.24) is 0 Å². The molecule has 0 aliphatic heterocycles. The summed E-state index contributed by atoms with van der Waals surface area (Å²) in [4.78, 5) is 7.45. The number of hydrogen-bond acceptors (Lipinski definition) is 1. The van der Waals surface area contributed by atoms with Gasteiger partial charge in [0.1, 0.15) is 0 Å². The molecule has 38 valence electrons. The molecule has 1 N–H and O–H groups in total. The topological polar surface area (TPSA) is 37.3 Å². The van der Waals surface area contributed by atoms with E-state index in [1.54, 1.807) is 6.92 Å². The molecule has 0 rings (SSSR count). The summed E-state index contributed by atoms with van der Waals surface area (Å²) in [5.74, 6) is 0. The van der Waals surface area contributed by atoms with Crippen LogP contribution in [0.1, 0.15) is 6.92 Å². The third-order valence-corrected chi connectivity index (χ3v) is 0. The van der Waals surface area contributed by atoms with Crippen molar-refractivity contribution in [2.45, 2.75) is 6.92 Å². The smallest absolute Gasteiger partial charge is 0.346 e. The molecule has 0 aliphatic rings. The minimum Gasteiger partial charge on any atom is -0.346 e. The van der Waals surface area contributed by atoms with Crippen molar-refractivity contribution in [1.29, 1.82) is 0 Å². The van der Waals surface area contributed by atoms with E-state index in [1.165, 1.54) is 0 Å². The summed E-state index contributed by atoms with van der Waals surface area (Å²) in [5, 5.41) is 0. The maximum Gasteiger partial charge on any atom is 2.00 e. The van der Waals surface area contributed by atoms with Crippen LogP contribution in [-0.4, -0.2) is 4.89 Å². The Morgan fingerprint density at radius 1 is 1.57 bits per heavy atom. The Morgan fingerprint density at radius 3 is 1.57 bits per heavy atom. The molecular formula is C3H8O2PZn+. The minimum atomic E-state index is -2.12. The van der Waals surface area contributed by atoms with E-state index in [2.05, 4.69) is 13.6 Å². The molecule has 0 aromatic heterocycles. The second-order valence-corrected chi connectivity index (χ2v) is 1.06. The van der Waals surface area contributed by atoms with Crippen LogP contribution in [0.5, 0.6) is 0 Å². The van der Waals surface area contributed by atoms with E-state index < -0.39 is 8.03 Å². The summed E-state index contributed by atoms with van der Waals surface area (Å²) >= 11 is 0. The van der Waals surface area contributed by atoms with Crippen molar-refractivity contribution in [2.75, 3.05) is 0 Å². The molecule has 0 bridgehead atoms. The fourth-order valence-corrected chi connectivity index (χ4v) is 0. The van der Waals surface area contributed by atoms with Crippen molar-refractivity contribution < 1.29 is 28.9 Å². The second-order valence-electron chi connectivity index (χ2n) is 0.352. The van der Waals surface area contributed by atoms with Gasteiger partial charge in [0, 0.05) is 0 Å². The van der Waals surface area contributed by atoms with Gasteiger partial charge in [0.25, 0.3) is 0 Å². The molecule has 0 fully saturated rings. The third-order valence-electron chi connectivity index (χ3n) is 0. The van der Waals surface area contributed by atoms with Gasteiger partial charge in [-0.25, -0.2) is 0 Å². The Hall–Kier alpha value is 0.683. The average Bonchev–Trinajstić information content (AvgIpc) is 1.41. The molecule has 0 aliphatic carbocycles. The minimum absolute atomic E-state index is 0. The van der Waals surface area contributed by atoms with Crippen LogP contribution in [0.15, 0.2) is 0 Å². The van der Waals surface area contributed by atoms with Gasteiger partial charge in [-0.05, 0) is 0 Å². The molecule has 0 saturated heterocycles. The van der Waals surface area contributed by atoms with Gasteiger partial charge in [0.05, 0.1) is 0 Å². The van der Waals surface area contributed by atoms with Gasteiger partial charge in [-0.15, -0.1) is 0 Å². The van der Waals surface area contributed by atoms with Gasteiger partial charge in [-0.1, -0.05) is 11.2 Å². The van der Waals surface area contributed by atoms with E-state index in [4.69, 9.17) is 9.46 Å². The number of hydrogen-bond donors (Lipinski definition) is 1. The molecule has 7 heavy (non-hydrogen) atoms. The largest absolute Gasteiger partial charge is 2.00 e. The van der Waals surface area contributed by atoms with Gasteiger partial charge >= 0.3 is 27.5 Å². The summed E-state index contributed by atoms with van der Waals surface area (Å²) in [7, 11) is -2.12. The summed E-state index contributed by atoms with van der Waals surface area (Å²) in [6, 6.07) is 0. The molecule has 1 unspecified atom stereocenters. The Morgan fingerprint density at radius 2 is 1.57 bits per heavy atom. The predicted octanol–water partition coefficient (Wildman–Crippen LogP) is 1.35. The van der Waals surface area contributed by atoms with Crippen molar-refractivity contribution in [2.24, 2.45) is 0 Å². The molecule has 0 saturated carbocycles. The molecule has 0 heterocycles. The Balaban J connectivity index is -0.0000000480. The zero-order chi connectivity index (χ0) is 5.58. The Kier molecular flexibility index (Phi) is 35.6. The van der Waals surface area contributed by atoms with Crippen LogP contribution in [0.25, 0.3) is 0 Å². The zero-order valence-corrected chi connectivity index (χ0v) is 8.29. The molecule has 0 radical (unpaired) electrons. The van der Waals surface area contributed by atoms with Crippen LogP contribution in [0.2, 0.25) is 0 Å². The fourth-order valence-electron chi connectivity index (χ4n) is 0. The van der Waals surface area contributed by atoms with Gasteiger partial charge < -0.3 is 6.92 Å². The summed E-state index contributed by atoms with van der Waals surface area (Å²) in [6.45, 7) is 7.70. The fraction of sp³-hybridized carbons (Fsp3) is 0.333. The second kappa shape index (κ2) is 15.9. The van der Waals surface area contributed by atoms with E-state index in [1.807, 2.05) is 0 Å². The first kappa shape index (κ1) is 15.6. The van der Waals surface area contributed by atoms with Gasteiger partial charge in [-0.2, -0.15) is 11.8 Å². The van der Waals surface area contributed by atoms with Crippen molar-refractivity contribution >= 4 is 8.03 Å². The van der Waals surface area contributed by atoms with Gasteiger partial charge in [0.2, 0.25) is 0 Å². The molecule has 4 heteroatoms. The zero-order valence-electron chi connectivity index (χ0n) is 4.42. The monoisotopic (exact) mass is 171 g/mol. The van der Waals surface area contributed by atoms with Crippen molar-refractivity contribution in [3.8, 4) is 0 Å². The third kappa shape index (κ3) is 314. The van der Waals surface area contributed by atoms with E-state index in [0.717, 1.165) is 0 Å². The summed E-state index contributed by atoms with van der Waals surface area (Å²) in [6.07, 6.45) is 0. The van der Waals surface area contributed by atoms with E-state index >= 15 is 0 Å². The van der Waals surface area contributed by atoms with Crippen molar-refractivity contribution in [3.05, 3.63) is 13.6 Å². The van der Waals surface area contributed by atoms with Crippen LogP contribution < -0.4 is 0 Å². The Bertz CT molecular complexity index is 35.9. The maximum absolute atomic E-state index is 9.04. The van der Waals surface area contributed by atoms with Gasteiger partial charge in [-0.3, -0.25) is 0 Å². The van der Waals surface area contributed by atoms with E-state index in [-0.39, 0.29) is 19.5 Å². The van der Waals surface area contributed by atoms with Crippen LogP contribution in [-0.2, 0) is 24.0 Å². The number of rotatable bonds is 0. The van der Waals surface area contributed by atoms with Gasteiger partial charge in [0.15, 0.2) is 0 Å². The average molecular weight is 172 g/mol. The first-order valence-electron chi connectivity index (χ1n) is 1.41. The molecule has 1 atom stereocenters. The quantitative estimate of drug-likeness (QED) is 0.340. The first-order valence-corrected chi connectivity index (χ1v) is 2.80. The summed E-state index contributed by atoms with van der Waals surface area (Å²) < 4.78 is 9.04. The van der Waals surface area contributed by atoms with Crippen LogP contribution in [0, 0.1) is 13.6 Å².